The van der Waals surface area contributed by atoms with Gasteiger partial charge in [-0.05, 0) is 39.2 Å². The van der Waals surface area contributed by atoms with E-state index < -0.39 is 5.60 Å². The molecule has 0 spiro atoms. The zero-order valence-corrected chi connectivity index (χ0v) is 10.1. The molecule has 0 aliphatic carbocycles. The zero-order valence-electron chi connectivity index (χ0n) is 10.1. The van der Waals surface area contributed by atoms with Crippen molar-refractivity contribution in [3.05, 3.63) is 24.8 Å². The summed E-state index contributed by atoms with van der Waals surface area (Å²) in [5.41, 5.74) is -0.485. The van der Waals surface area contributed by atoms with Gasteiger partial charge in [0.1, 0.15) is 5.60 Å². The summed E-state index contributed by atoms with van der Waals surface area (Å²) >= 11 is 0. The first-order valence-corrected chi connectivity index (χ1v) is 5.52. The first-order chi connectivity index (χ1) is 7.02. The molecule has 0 aromatic rings. The number of carbonyl (C=O) groups excluding carboxylic acids is 1. The zero-order chi connectivity index (χ0) is 11.7. The number of rotatable bonds is 7. The van der Waals surface area contributed by atoms with Crippen LogP contribution in [0.1, 0.15) is 46.5 Å². The van der Waals surface area contributed by atoms with Gasteiger partial charge in [0.05, 0.1) is 0 Å². The molecule has 86 valence electrons. The van der Waals surface area contributed by atoms with Crippen LogP contribution in [0.3, 0.4) is 0 Å². The van der Waals surface area contributed by atoms with E-state index in [4.69, 9.17) is 4.74 Å². The van der Waals surface area contributed by atoms with Crippen LogP contribution in [0.4, 0.5) is 0 Å². The number of hydrogen-bond acceptors (Lipinski definition) is 2. The fourth-order valence-corrected chi connectivity index (χ4v) is 1.15. The molecule has 0 amide bonds. The predicted molar refractivity (Wildman–Crippen MR) is 63.7 cm³/mol. The second-order valence-electron chi connectivity index (χ2n) is 4.05. The lowest BCUT2D eigenvalue weighted by atomic mass is 10.1. The van der Waals surface area contributed by atoms with Crippen LogP contribution in [0.15, 0.2) is 24.8 Å². The number of esters is 1. The molecule has 0 N–H and O–H groups in total. The van der Waals surface area contributed by atoms with Gasteiger partial charge in [-0.3, -0.25) is 4.79 Å². The maximum atomic E-state index is 11.1. The molecule has 0 heterocycles. The summed E-state index contributed by atoms with van der Waals surface area (Å²) in [4.78, 5) is 11.1. The van der Waals surface area contributed by atoms with Crippen molar-refractivity contribution in [2.24, 2.45) is 0 Å². The van der Waals surface area contributed by atoms with Crippen LogP contribution in [0.5, 0.6) is 0 Å². The molecule has 0 bridgehead atoms. The first kappa shape index (κ1) is 13.9. The van der Waals surface area contributed by atoms with Gasteiger partial charge in [0.15, 0.2) is 0 Å². The van der Waals surface area contributed by atoms with E-state index in [2.05, 4.69) is 12.7 Å². The molecule has 15 heavy (non-hydrogen) atoms. The Hall–Kier alpha value is -1.05. The molecule has 0 aliphatic heterocycles. The molecule has 0 aliphatic rings. The Bertz CT molecular complexity index is 227. The SMILES string of the molecule is C=CCCC/C=C/C(C)(C)OC(=O)CC. The molecule has 0 atom stereocenters. The van der Waals surface area contributed by atoms with Gasteiger partial charge in [0.25, 0.3) is 0 Å². The van der Waals surface area contributed by atoms with Gasteiger partial charge in [-0.1, -0.05) is 19.1 Å². The van der Waals surface area contributed by atoms with Crippen LogP contribution in [0.2, 0.25) is 0 Å². The molecule has 0 radical (unpaired) electrons. The molecule has 2 heteroatoms. The standard InChI is InChI=1S/C13H22O2/c1-5-7-8-9-10-11-13(3,4)15-12(14)6-2/h5,10-11H,1,6-9H2,2-4H3/b11-10+. The number of ether oxygens (including phenoxy) is 1. The third kappa shape index (κ3) is 7.98. The van der Waals surface area contributed by atoms with Gasteiger partial charge >= 0.3 is 5.97 Å². The molecule has 2 nitrogen and oxygen atoms in total. The van der Waals surface area contributed by atoms with Crippen molar-refractivity contribution in [3.63, 3.8) is 0 Å². The molecular formula is C13H22O2. The quantitative estimate of drug-likeness (QED) is 0.364. The Morgan fingerprint density at radius 2 is 2.07 bits per heavy atom. The fourth-order valence-electron chi connectivity index (χ4n) is 1.15. The Kier molecular flexibility index (Phi) is 6.76. The van der Waals surface area contributed by atoms with Crippen molar-refractivity contribution in [1.29, 1.82) is 0 Å². The highest BCUT2D eigenvalue weighted by molar-refractivity contribution is 5.69. The van der Waals surface area contributed by atoms with Crippen LogP contribution in [-0.4, -0.2) is 11.6 Å². The lowest BCUT2D eigenvalue weighted by molar-refractivity contribution is -0.152. The lowest BCUT2D eigenvalue weighted by Gasteiger charge is -2.20. The number of unbranched alkanes of at least 4 members (excludes halogenated alkanes) is 2. The molecule has 0 rings (SSSR count). The smallest absolute Gasteiger partial charge is 0.306 e. The minimum absolute atomic E-state index is 0.157. The maximum absolute atomic E-state index is 11.1. The Balaban J connectivity index is 3.90. The van der Waals surface area contributed by atoms with E-state index in [0.29, 0.717) is 6.42 Å². The summed E-state index contributed by atoms with van der Waals surface area (Å²) < 4.78 is 5.25. The van der Waals surface area contributed by atoms with Crippen LogP contribution >= 0.6 is 0 Å². The molecular weight excluding hydrogens is 188 g/mol. The topological polar surface area (TPSA) is 26.3 Å². The third-order valence-electron chi connectivity index (χ3n) is 1.96. The van der Waals surface area contributed by atoms with Crippen LogP contribution in [0, 0.1) is 0 Å². The van der Waals surface area contributed by atoms with Crippen molar-refractivity contribution in [1.82, 2.24) is 0 Å². The Labute approximate surface area is 93.0 Å². The predicted octanol–water partition coefficient (Wildman–Crippen LogP) is 3.63. The summed E-state index contributed by atoms with van der Waals surface area (Å²) in [5, 5.41) is 0. The summed E-state index contributed by atoms with van der Waals surface area (Å²) in [6.07, 6.45) is 9.47. The molecule has 0 saturated carbocycles. The van der Waals surface area contributed by atoms with Crippen molar-refractivity contribution >= 4 is 5.97 Å². The van der Waals surface area contributed by atoms with E-state index in [1.807, 2.05) is 26.0 Å². The molecule has 0 saturated heterocycles. The first-order valence-electron chi connectivity index (χ1n) is 5.52. The van der Waals surface area contributed by atoms with Crippen LogP contribution in [0.25, 0.3) is 0 Å². The van der Waals surface area contributed by atoms with Gasteiger partial charge in [0, 0.05) is 6.42 Å². The normalized spacial score (nSPS) is 11.7. The van der Waals surface area contributed by atoms with Crippen LogP contribution < -0.4 is 0 Å². The minimum Gasteiger partial charge on any atom is -0.455 e. The van der Waals surface area contributed by atoms with Gasteiger partial charge in [-0.15, -0.1) is 6.58 Å². The van der Waals surface area contributed by atoms with Gasteiger partial charge < -0.3 is 4.74 Å². The number of hydrogen-bond donors (Lipinski definition) is 0. The van der Waals surface area contributed by atoms with E-state index in [9.17, 15) is 4.79 Å². The van der Waals surface area contributed by atoms with Gasteiger partial charge in [-0.25, -0.2) is 0 Å². The average Bonchev–Trinajstić information content (AvgIpc) is 2.16. The van der Waals surface area contributed by atoms with E-state index in [0.717, 1.165) is 19.3 Å². The summed E-state index contributed by atoms with van der Waals surface area (Å²) in [5.74, 6) is -0.157. The summed E-state index contributed by atoms with van der Waals surface area (Å²) in [7, 11) is 0. The molecule has 0 unspecified atom stereocenters. The lowest BCUT2D eigenvalue weighted by Crippen LogP contribution is -2.24. The monoisotopic (exact) mass is 210 g/mol. The largest absolute Gasteiger partial charge is 0.455 e. The molecule has 0 aromatic carbocycles. The van der Waals surface area contributed by atoms with Crippen molar-refractivity contribution in [3.8, 4) is 0 Å². The molecule has 0 fully saturated rings. The highest BCUT2D eigenvalue weighted by Crippen LogP contribution is 2.13. The fraction of sp³-hybridized carbons (Fsp3) is 0.615. The maximum Gasteiger partial charge on any atom is 0.306 e. The van der Waals surface area contributed by atoms with E-state index >= 15 is 0 Å². The second kappa shape index (κ2) is 7.27. The van der Waals surface area contributed by atoms with Crippen molar-refractivity contribution < 1.29 is 9.53 Å². The Morgan fingerprint density at radius 3 is 2.60 bits per heavy atom. The average molecular weight is 210 g/mol. The summed E-state index contributed by atoms with van der Waals surface area (Å²) in [6, 6.07) is 0. The van der Waals surface area contributed by atoms with E-state index in [1.165, 1.54) is 0 Å². The highest BCUT2D eigenvalue weighted by atomic mass is 16.6. The van der Waals surface area contributed by atoms with Crippen molar-refractivity contribution in [2.45, 2.75) is 52.1 Å². The van der Waals surface area contributed by atoms with E-state index in [-0.39, 0.29) is 5.97 Å². The highest BCUT2D eigenvalue weighted by Gasteiger charge is 2.17. The van der Waals surface area contributed by atoms with Gasteiger partial charge in [0.2, 0.25) is 0 Å². The van der Waals surface area contributed by atoms with E-state index in [1.54, 1.807) is 6.92 Å². The van der Waals surface area contributed by atoms with Gasteiger partial charge in [-0.2, -0.15) is 0 Å². The number of carbonyl (C=O) groups is 1. The summed E-state index contributed by atoms with van der Waals surface area (Å²) in [6.45, 7) is 9.25. The molecule has 0 aromatic heterocycles. The second-order valence-corrected chi connectivity index (χ2v) is 4.05. The minimum atomic E-state index is -0.485. The van der Waals surface area contributed by atoms with Crippen molar-refractivity contribution in [2.75, 3.05) is 0 Å². The van der Waals surface area contributed by atoms with Crippen LogP contribution in [-0.2, 0) is 9.53 Å². The number of allylic oxidation sites excluding steroid dienone is 2. The Morgan fingerprint density at radius 1 is 1.40 bits per heavy atom. The third-order valence-corrected chi connectivity index (χ3v) is 1.96.